The SMILES string of the molecule is CCOC(=O)CN(C(=O)CSc1nc(-c2ccccc2)cc(-c2ccc(OC)cc2)c1C#N)c1ccc(Br)cc1. The summed E-state index contributed by atoms with van der Waals surface area (Å²) in [5, 5.41) is 10.6. The quantitative estimate of drug-likeness (QED) is 0.144. The molecule has 1 aromatic heterocycles. The van der Waals surface area contributed by atoms with Gasteiger partial charge in [-0.3, -0.25) is 9.59 Å². The van der Waals surface area contributed by atoms with Crippen LogP contribution in [0, 0.1) is 11.3 Å². The monoisotopic (exact) mass is 615 g/mol. The van der Waals surface area contributed by atoms with Crippen LogP contribution in [0.3, 0.4) is 0 Å². The van der Waals surface area contributed by atoms with E-state index in [1.54, 1.807) is 38.3 Å². The highest BCUT2D eigenvalue weighted by Gasteiger charge is 2.22. The number of methoxy groups -OCH3 is 1. The topological polar surface area (TPSA) is 92.5 Å². The average molecular weight is 617 g/mol. The fourth-order valence-corrected chi connectivity index (χ4v) is 5.12. The van der Waals surface area contributed by atoms with Gasteiger partial charge in [-0.2, -0.15) is 5.26 Å². The van der Waals surface area contributed by atoms with Crippen LogP contribution < -0.4 is 9.64 Å². The number of pyridine rings is 1. The molecule has 0 N–H and O–H groups in total. The van der Waals surface area contributed by atoms with Crippen molar-refractivity contribution in [2.75, 3.05) is 30.9 Å². The molecular formula is C31H26BrN3O4S. The number of nitrogens with zero attached hydrogens (tertiary/aromatic N) is 3. The van der Waals surface area contributed by atoms with Crippen molar-refractivity contribution >= 4 is 45.3 Å². The van der Waals surface area contributed by atoms with Gasteiger partial charge in [0.15, 0.2) is 0 Å². The Morgan fingerprint density at radius 1 is 1.00 bits per heavy atom. The maximum Gasteiger partial charge on any atom is 0.326 e. The van der Waals surface area contributed by atoms with E-state index in [2.05, 4.69) is 22.0 Å². The van der Waals surface area contributed by atoms with Gasteiger partial charge in [0.1, 0.15) is 23.4 Å². The summed E-state index contributed by atoms with van der Waals surface area (Å²) in [6.07, 6.45) is 0. The van der Waals surface area contributed by atoms with Crippen LogP contribution in [0.5, 0.6) is 5.75 Å². The van der Waals surface area contributed by atoms with Gasteiger partial charge in [0, 0.05) is 21.3 Å². The fourth-order valence-electron chi connectivity index (χ4n) is 3.98. The van der Waals surface area contributed by atoms with E-state index < -0.39 is 5.97 Å². The summed E-state index contributed by atoms with van der Waals surface area (Å²) in [6.45, 7) is 1.70. The molecule has 7 nitrogen and oxygen atoms in total. The number of carbonyl (C=O) groups excluding carboxylic acids is 2. The molecule has 0 spiro atoms. The molecule has 0 aliphatic carbocycles. The van der Waals surface area contributed by atoms with E-state index >= 15 is 0 Å². The van der Waals surface area contributed by atoms with E-state index in [1.165, 1.54) is 4.90 Å². The summed E-state index contributed by atoms with van der Waals surface area (Å²) in [7, 11) is 1.60. The molecular weight excluding hydrogens is 590 g/mol. The van der Waals surface area contributed by atoms with Crippen molar-refractivity contribution in [2.45, 2.75) is 11.9 Å². The molecule has 9 heteroatoms. The number of amides is 1. The first-order valence-electron chi connectivity index (χ1n) is 12.4. The molecule has 0 radical (unpaired) electrons. The first-order chi connectivity index (χ1) is 19.4. The maximum atomic E-state index is 13.5. The number of rotatable bonds is 10. The van der Waals surface area contributed by atoms with Gasteiger partial charge in [-0.05, 0) is 55.0 Å². The Hall–Kier alpha value is -4.13. The second-order valence-corrected chi connectivity index (χ2v) is 10.4. The number of hydrogen-bond donors (Lipinski definition) is 0. The number of halogens is 1. The lowest BCUT2D eigenvalue weighted by Crippen LogP contribution is -2.37. The molecule has 202 valence electrons. The van der Waals surface area contributed by atoms with Gasteiger partial charge in [0.05, 0.1) is 30.7 Å². The molecule has 4 aromatic rings. The Kier molecular flexibility index (Phi) is 9.95. The van der Waals surface area contributed by atoms with E-state index in [4.69, 9.17) is 14.5 Å². The van der Waals surface area contributed by atoms with Crippen molar-refractivity contribution < 1.29 is 19.1 Å². The number of aromatic nitrogens is 1. The summed E-state index contributed by atoms with van der Waals surface area (Å²) in [6, 6.07) is 28.4. The minimum Gasteiger partial charge on any atom is -0.497 e. The normalized spacial score (nSPS) is 10.4. The van der Waals surface area contributed by atoms with Crippen molar-refractivity contribution in [1.29, 1.82) is 5.26 Å². The van der Waals surface area contributed by atoms with Crippen molar-refractivity contribution in [1.82, 2.24) is 4.98 Å². The molecule has 0 atom stereocenters. The molecule has 0 unspecified atom stereocenters. The van der Waals surface area contributed by atoms with Crippen LogP contribution in [0.4, 0.5) is 5.69 Å². The van der Waals surface area contributed by atoms with Gasteiger partial charge >= 0.3 is 5.97 Å². The third-order valence-electron chi connectivity index (χ3n) is 5.93. The van der Waals surface area contributed by atoms with E-state index in [-0.39, 0.29) is 24.8 Å². The number of esters is 1. The van der Waals surface area contributed by atoms with Gasteiger partial charge in [0.2, 0.25) is 5.91 Å². The van der Waals surface area contributed by atoms with Gasteiger partial charge in [-0.15, -0.1) is 0 Å². The van der Waals surface area contributed by atoms with Crippen LogP contribution in [-0.4, -0.2) is 42.9 Å². The van der Waals surface area contributed by atoms with Gasteiger partial charge in [-0.1, -0.05) is 70.2 Å². The number of thioether (sulfide) groups is 1. The molecule has 1 heterocycles. The van der Waals surface area contributed by atoms with Crippen molar-refractivity contribution in [3.05, 3.63) is 95.0 Å². The number of anilines is 1. The molecule has 1 amide bonds. The zero-order valence-electron chi connectivity index (χ0n) is 22.0. The molecule has 0 saturated carbocycles. The van der Waals surface area contributed by atoms with E-state index in [0.29, 0.717) is 33.3 Å². The van der Waals surface area contributed by atoms with Crippen LogP contribution >= 0.6 is 27.7 Å². The van der Waals surface area contributed by atoms with E-state index in [9.17, 15) is 14.9 Å². The number of ether oxygens (including phenoxy) is 2. The summed E-state index contributed by atoms with van der Waals surface area (Å²) in [5.74, 6) is -0.165. The molecule has 40 heavy (non-hydrogen) atoms. The Morgan fingerprint density at radius 3 is 2.33 bits per heavy atom. The summed E-state index contributed by atoms with van der Waals surface area (Å²) in [4.78, 5) is 32.0. The van der Waals surface area contributed by atoms with Gasteiger partial charge < -0.3 is 14.4 Å². The number of benzene rings is 3. The Balaban J connectivity index is 1.70. The Bertz CT molecular complexity index is 1520. The summed E-state index contributed by atoms with van der Waals surface area (Å²) < 4.78 is 11.2. The minimum atomic E-state index is -0.507. The molecule has 3 aromatic carbocycles. The third kappa shape index (κ3) is 7.08. The second kappa shape index (κ2) is 13.8. The lowest BCUT2D eigenvalue weighted by Gasteiger charge is -2.22. The Labute approximate surface area is 245 Å². The smallest absolute Gasteiger partial charge is 0.326 e. The molecule has 4 rings (SSSR count). The van der Waals surface area contributed by atoms with Crippen LogP contribution in [-0.2, 0) is 14.3 Å². The largest absolute Gasteiger partial charge is 0.497 e. The van der Waals surface area contributed by atoms with E-state index in [1.807, 2.05) is 60.7 Å². The predicted molar refractivity (Wildman–Crippen MR) is 160 cm³/mol. The maximum absolute atomic E-state index is 13.5. The van der Waals surface area contributed by atoms with Crippen LogP contribution in [0.1, 0.15) is 12.5 Å². The first-order valence-corrected chi connectivity index (χ1v) is 14.2. The van der Waals surface area contributed by atoms with Crippen LogP contribution in [0.25, 0.3) is 22.4 Å². The molecule has 0 fully saturated rings. The highest BCUT2D eigenvalue weighted by Crippen LogP contribution is 2.35. The van der Waals surface area contributed by atoms with Crippen LogP contribution in [0.15, 0.2) is 94.4 Å². The highest BCUT2D eigenvalue weighted by molar-refractivity contribution is 9.10. The van der Waals surface area contributed by atoms with E-state index in [0.717, 1.165) is 27.4 Å². The van der Waals surface area contributed by atoms with Crippen molar-refractivity contribution in [2.24, 2.45) is 0 Å². The van der Waals surface area contributed by atoms with Crippen molar-refractivity contribution in [3.8, 4) is 34.2 Å². The van der Waals surface area contributed by atoms with Gasteiger partial charge in [0.25, 0.3) is 0 Å². The third-order valence-corrected chi connectivity index (χ3v) is 7.42. The standard InChI is InChI=1S/C31H26BrN3O4S/c1-3-39-30(37)19-35(24-13-11-23(32)12-14-24)29(36)20-40-31-27(18-33)26(21-9-15-25(38-2)16-10-21)17-28(34-31)22-7-5-4-6-8-22/h4-17H,3,19-20H2,1-2H3. The zero-order chi connectivity index (χ0) is 28.5. The molecule has 0 aliphatic heterocycles. The second-order valence-electron chi connectivity index (χ2n) is 8.49. The zero-order valence-corrected chi connectivity index (χ0v) is 24.4. The molecule has 0 bridgehead atoms. The fraction of sp³-hybridized carbons (Fsp3) is 0.161. The number of nitriles is 1. The van der Waals surface area contributed by atoms with Crippen LogP contribution in [0.2, 0.25) is 0 Å². The average Bonchev–Trinajstić information content (AvgIpc) is 2.99. The summed E-state index contributed by atoms with van der Waals surface area (Å²) >= 11 is 4.56. The number of carbonyl (C=O) groups is 2. The molecule has 0 saturated heterocycles. The lowest BCUT2D eigenvalue weighted by molar-refractivity contribution is -0.142. The highest BCUT2D eigenvalue weighted by atomic mass is 79.9. The molecule has 0 aliphatic rings. The minimum absolute atomic E-state index is 0.0442. The first kappa shape index (κ1) is 28.9. The lowest BCUT2D eigenvalue weighted by atomic mass is 9.99. The predicted octanol–water partition coefficient (Wildman–Crippen LogP) is 6.75. The number of hydrogen-bond acceptors (Lipinski definition) is 7. The summed E-state index contributed by atoms with van der Waals surface area (Å²) in [5.41, 5.74) is 4.01. The van der Waals surface area contributed by atoms with Gasteiger partial charge in [-0.25, -0.2) is 4.98 Å². The van der Waals surface area contributed by atoms with Crippen molar-refractivity contribution in [3.63, 3.8) is 0 Å². The Morgan fingerprint density at radius 2 is 1.70 bits per heavy atom.